The second-order valence-corrected chi connectivity index (χ2v) is 6.58. The van der Waals surface area contributed by atoms with Crippen LogP contribution < -0.4 is 10.1 Å². The summed E-state index contributed by atoms with van der Waals surface area (Å²) in [6.45, 7) is 5.15. The SMILES string of the molecule is C=CCOc1ccc(CN(C)CC(=O)Nc2cccc(SC)c2)cc1. The standard InChI is InChI=1S/C20H24N2O2S/c1-4-12-24-18-10-8-16(9-11-18)14-22(2)15-20(23)21-17-6-5-7-19(13-17)25-3/h4-11,13H,1,12,14-15H2,2-3H3,(H,21,23). The van der Waals surface area contributed by atoms with E-state index in [4.69, 9.17) is 4.74 Å². The molecule has 0 spiro atoms. The molecule has 0 aromatic heterocycles. The Morgan fingerprint density at radius 3 is 2.72 bits per heavy atom. The average molecular weight is 356 g/mol. The minimum atomic E-state index is -0.0216. The summed E-state index contributed by atoms with van der Waals surface area (Å²) in [5.74, 6) is 0.796. The molecule has 0 saturated carbocycles. The monoisotopic (exact) mass is 356 g/mol. The molecular weight excluding hydrogens is 332 g/mol. The van der Waals surface area contributed by atoms with Crippen molar-refractivity contribution in [2.45, 2.75) is 11.4 Å². The molecule has 25 heavy (non-hydrogen) atoms. The van der Waals surface area contributed by atoms with Crippen LogP contribution >= 0.6 is 11.8 Å². The van der Waals surface area contributed by atoms with Crippen LogP contribution in [0.3, 0.4) is 0 Å². The number of hydrogen-bond acceptors (Lipinski definition) is 4. The number of nitrogens with one attached hydrogen (secondary N) is 1. The second kappa shape index (κ2) is 9.91. The van der Waals surface area contributed by atoms with Crippen LogP contribution in [0.1, 0.15) is 5.56 Å². The first-order valence-corrected chi connectivity index (χ1v) is 9.28. The Morgan fingerprint density at radius 2 is 2.04 bits per heavy atom. The lowest BCUT2D eigenvalue weighted by atomic mass is 10.2. The highest BCUT2D eigenvalue weighted by Gasteiger charge is 2.08. The average Bonchev–Trinajstić information content (AvgIpc) is 2.61. The molecule has 2 aromatic rings. The number of hydrogen-bond donors (Lipinski definition) is 1. The van der Waals surface area contributed by atoms with Crippen molar-refractivity contribution in [1.29, 1.82) is 0 Å². The van der Waals surface area contributed by atoms with E-state index in [2.05, 4.69) is 11.9 Å². The number of ether oxygens (including phenoxy) is 1. The quantitative estimate of drug-likeness (QED) is 0.544. The fourth-order valence-electron chi connectivity index (χ4n) is 2.36. The number of likely N-dealkylation sites (N-methyl/N-ethyl adjacent to an activating group) is 1. The van der Waals surface area contributed by atoms with Crippen molar-refractivity contribution in [1.82, 2.24) is 4.90 Å². The number of carbonyl (C=O) groups excluding carboxylic acids is 1. The molecule has 2 aromatic carbocycles. The van der Waals surface area contributed by atoms with Gasteiger partial charge in [0.2, 0.25) is 5.91 Å². The Morgan fingerprint density at radius 1 is 1.28 bits per heavy atom. The zero-order valence-corrected chi connectivity index (χ0v) is 15.5. The van der Waals surface area contributed by atoms with E-state index in [0.29, 0.717) is 19.7 Å². The first kappa shape index (κ1) is 19.1. The van der Waals surface area contributed by atoms with Crippen LogP contribution in [0, 0.1) is 0 Å². The van der Waals surface area contributed by atoms with Crippen LogP contribution in [-0.4, -0.2) is 37.3 Å². The molecule has 0 saturated heterocycles. The van der Waals surface area contributed by atoms with Gasteiger partial charge in [0.05, 0.1) is 6.54 Å². The molecule has 0 aliphatic carbocycles. The zero-order chi connectivity index (χ0) is 18.1. The van der Waals surface area contributed by atoms with Crippen LogP contribution in [0.15, 0.2) is 66.1 Å². The molecule has 0 bridgehead atoms. The van der Waals surface area contributed by atoms with Gasteiger partial charge in [-0.2, -0.15) is 0 Å². The molecule has 132 valence electrons. The molecule has 1 amide bonds. The number of anilines is 1. The Labute approximate surface area is 153 Å². The second-order valence-electron chi connectivity index (χ2n) is 5.70. The normalized spacial score (nSPS) is 10.5. The summed E-state index contributed by atoms with van der Waals surface area (Å²) < 4.78 is 5.47. The number of benzene rings is 2. The van der Waals surface area contributed by atoms with Crippen molar-refractivity contribution in [2.24, 2.45) is 0 Å². The molecule has 5 heteroatoms. The van der Waals surface area contributed by atoms with E-state index in [1.54, 1.807) is 17.8 Å². The van der Waals surface area contributed by atoms with E-state index in [1.165, 1.54) is 0 Å². The summed E-state index contributed by atoms with van der Waals surface area (Å²) in [7, 11) is 1.93. The fourth-order valence-corrected chi connectivity index (χ4v) is 2.82. The molecule has 0 aliphatic heterocycles. The first-order chi connectivity index (χ1) is 12.1. The van der Waals surface area contributed by atoms with Crippen molar-refractivity contribution in [3.63, 3.8) is 0 Å². The maximum atomic E-state index is 12.2. The highest BCUT2D eigenvalue weighted by atomic mass is 32.2. The lowest BCUT2D eigenvalue weighted by molar-refractivity contribution is -0.117. The van der Waals surface area contributed by atoms with Crippen molar-refractivity contribution in [3.8, 4) is 5.75 Å². The number of nitrogens with zero attached hydrogens (tertiary/aromatic N) is 1. The minimum absolute atomic E-state index is 0.0216. The Hall–Kier alpha value is -2.24. The number of amides is 1. The summed E-state index contributed by atoms with van der Waals surface area (Å²) in [6.07, 6.45) is 3.73. The fraction of sp³-hybridized carbons (Fsp3) is 0.250. The van der Waals surface area contributed by atoms with Gasteiger partial charge in [0.15, 0.2) is 0 Å². The van der Waals surface area contributed by atoms with Gasteiger partial charge in [0.25, 0.3) is 0 Å². The van der Waals surface area contributed by atoms with Crippen LogP contribution in [0.25, 0.3) is 0 Å². The maximum absolute atomic E-state index is 12.2. The molecule has 0 fully saturated rings. The Bertz CT molecular complexity index is 701. The lowest BCUT2D eigenvalue weighted by Gasteiger charge is -2.17. The summed E-state index contributed by atoms with van der Waals surface area (Å²) in [5, 5.41) is 2.94. The predicted molar refractivity (Wildman–Crippen MR) is 105 cm³/mol. The lowest BCUT2D eigenvalue weighted by Crippen LogP contribution is -2.29. The molecule has 0 aliphatic rings. The van der Waals surface area contributed by atoms with E-state index in [1.807, 2.05) is 66.7 Å². The zero-order valence-electron chi connectivity index (χ0n) is 14.7. The third-order valence-electron chi connectivity index (χ3n) is 3.51. The van der Waals surface area contributed by atoms with Gasteiger partial charge in [-0.05, 0) is 49.2 Å². The van der Waals surface area contributed by atoms with E-state index >= 15 is 0 Å². The molecule has 1 N–H and O–H groups in total. The topological polar surface area (TPSA) is 41.6 Å². The third kappa shape index (κ3) is 6.64. The van der Waals surface area contributed by atoms with Gasteiger partial charge < -0.3 is 10.1 Å². The minimum Gasteiger partial charge on any atom is -0.490 e. The maximum Gasteiger partial charge on any atom is 0.238 e. The molecule has 0 unspecified atom stereocenters. The van der Waals surface area contributed by atoms with E-state index in [9.17, 15) is 4.79 Å². The summed E-state index contributed by atoms with van der Waals surface area (Å²) >= 11 is 1.65. The summed E-state index contributed by atoms with van der Waals surface area (Å²) in [6, 6.07) is 15.7. The van der Waals surface area contributed by atoms with Crippen LogP contribution in [0.4, 0.5) is 5.69 Å². The largest absolute Gasteiger partial charge is 0.490 e. The molecule has 0 atom stereocenters. The van der Waals surface area contributed by atoms with E-state index in [-0.39, 0.29) is 5.91 Å². The van der Waals surface area contributed by atoms with Crippen LogP contribution in [0.2, 0.25) is 0 Å². The van der Waals surface area contributed by atoms with E-state index < -0.39 is 0 Å². The van der Waals surface area contributed by atoms with Gasteiger partial charge in [0, 0.05) is 17.1 Å². The molecule has 0 heterocycles. The highest BCUT2D eigenvalue weighted by Crippen LogP contribution is 2.19. The summed E-state index contributed by atoms with van der Waals surface area (Å²) in [4.78, 5) is 15.3. The van der Waals surface area contributed by atoms with Gasteiger partial charge >= 0.3 is 0 Å². The van der Waals surface area contributed by atoms with Crippen molar-refractivity contribution in [2.75, 3.05) is 31.8 Å². The highest BCUT2D eigenvalue weighted by molar-refractivity contribution is 7.98. The number of rotatable bonds is 9. The van der Waals surface area contributed by atoms with Gasteiger partial charge in [-0.15, -0.1) is 11.8 Å². The Kier molecular flexibility index (Phi) is 7.57. The summed E-state index contributed by atoms with van der Waals surface area (Å²) in [5.41, 5.74) is 1.96. The van der Waals surface area contributed by atoms with Crippen molar-refractivity contribution in [3.05, 3.63) is 66.7 Å². The molecule has 4 nitrogen and oxygen atoms in total. The van der Waals surface area contributed by atoms with Crippen LogP contribution in [0.5, 0.6) is 5.75 Å². The molecule has 0 radical (unpaired) electrons. The molecular formula is C20H24N2O2S. The number of thioether (sulfide) groups is 1. The first-order valence-electron chi connectivity index (χ1n) is 8.06. The van der Waals surface area contributed by atoms with Gasteiger partial charge in [-0.1, -0.05) is 30.9 Å². The smallest absolute Gasteiger partial charge is 0.238 e. The van der Waals surface area contributed by atoms with Gasteiger partial charge in [-0.3, -0.25) is 9.69 Å². The van der Waals surface area contributed by atoms with E-state index in [0.717, 1.165) is 21.9 Å². The third-order valence-corrected chi connectivity index (χ3v) is 4.24. The van der Waals surface area contributed by atoms with Gasteiger partial charge in [0.1, 0.15) is 12.4 Å². The number of carbonyl (C=O) groups is 1. The molecule has 2 rings (SSSR count). The Balaban J connectivity index is 1.83. The van der Waals surface area contributed by atoms with Crippen LogP contribution in [-0.2, 0) is 11.3 Å². The van der Waals surface area contributed by atoms with Gasteiger partial charge in [-0.25, -0.2) is 0 Å². The van der Waals surface area contributed by atoms with Crippen molar-refractivity contribution >= 4 is 23.4 Å². The van der Waals surface area contributed by atoms with Crippen molar-refractivity contribution < 1.29 is 9.53 Å². The predicted octanol–water partition coefficient (Wildman–Crippen LogP) is 4.04.